The van der Waals surface area contributed by atoms with Gasteiger partial charge >= 0.3 is 6.18 Å². The number of unbranched alkanes of at least 4 members (excludes halogenated alkanes) is 2. The Bertz CT molecular complexity index is 1430. The molecule has 11 heteroatoms. The lowest BCUT2D eigenvalue weighted by Gasteiger charge is -2.35. The van der Waals surface area contributed by atoms with Crippen LogP contribution in [0.2, 0.25) is 0 Å². The highest BCUT2D eigenvalue weighted by atomic mass is 32.1. The van der Waals surface area contributed by atoms with Crippen LogP contribution >= 0.6 is 12.6 Å². The van der Waals surface area contributed by atoms with Crippen molar-refractivity contribution in [3.63, 3.8) is 0 Å². The molecule has 1 fully saturated rings. The van der Waals surface area contributed by atoms with E-state index in [-0.39, 0.29) is 23.9 Å². The lowest BCUT2D eigenvalue weighted by Crippen LogP contribution is -2.46. The molecule has 0 bridgehead atoms. The minimum atomic E-state index is -4.36. The smallest absolute Gasteiger partial charge is 0.416 e. The Hall–Kier alpha value is -3.31. The molecule has 0 radical (unpaired) electrons. The molecule has 224 valence electrons. The predicted molar refractivity (Wildman–Crippen MR) is 157 cm³/mol. The number of benzene rings is 2. The SMILES string of the molecule is O=C(CNCCCCCOc1ccc(C(F)(F)F)cc1)N1CCc2nc(C3CCC3)n(-c3ccccc3)c(=O)c2C1S. The van der Waals surface area contributed by atoms with E-state index < -0.39 is 17.1 Å². The molecule has 1 aliphatic carbocycles. The van der Waals surface area contributed by atoms with Gasteiger partial charge in [0.1, 0.15) is 16.9 Å². The van der Waals surface area contributed by atoms with Gasteiger partial charge < -0.3 is 15.0 Å². The minimum Gasteiger partial charge on any atom is -0.494 e. The van der Waals surface area contributed by atoms with Gasteiger partial charge in [-0.05, 0) is 75.0 Å². The number of ether oxygens (including phenoxy) is 1. The Morgan fingerprint density at radius 3 is 2.45 bits per heavy atom. The fourth-order valence-corrected chi connectivity index (χ4v) is 5.84. The third-order valence-electron chi connectivity index (χ3n) is 7.90. The van der Waals surface area contributed by atoms with Crippen LogP contribution in [-0.2, 0) is 17.4 Å². The summed E-state index contributed by atoms with van der Waals surface area (Å²) >= 11 is 4.73. The number of rotatable bonds is 11. The maximum absolute atomic E-state index is 13.9. The summed E-state index contributed by atoms with van der Waals surface area (Å²) in [7, 11) is 0. The van der Waals surface area contributed by atoms with Gasteiger partial charge in [-0.1, -0.05) is 24.6 Å². The molecule has 1 saturated carbocycles. The number of nitrogens with zero attached hydrogens (tertiary/aromatic N) is 3. The summed E-state index contributed by atoms with van der Waals surface area (Å²) < 4.78 is 45.2. The molecule has 1 N–H and O–H groups in total. The quantitative estimate of drug-likeness (QED) is 0.219. The second-order valence-corrected chi connectivity index (χ2v) is 11.2. The third kappa shape index (κ3) is 6.83. The number of carbonyl (C=O) groups excluding carboxylic acids is 1. The molecule has 3 aromatic rings. The van der Waals surface area contributed by atoms with Gasteiger partial charge in [-0.25, -0.2) is 4.98 Å². The number of fused-ring (bicyclic) bond motifs is 1. The maximum Gasteiger partial charge on any atom is 0.416 e. The van der Waals surface area contributed by atoms with Crippen molar-refractivity contribution in [1.29, 1.82) is 0 Å². The number of hydrogen-bond acceptors (Lipinski definition) is 6. The highest BCUT2D eigenvalue weighted by molar-refractivity contribution is 7.80. The largest absolute Gasteiger partial charge is 0.494 e. The topological polar surface area (TPSA) is 76.5 Å². The Balaban J connectivity index is 1.10. The van der Waals surface area contributed by atoms with Crippen molar-refractivity contribution in [2.24, 2.45) is 0 Å². The van der Waals surface area contributed by atoms with Crippen LogP contribution in [-0.4, -0.2) is 46.6 Å². The molecule has 7 nitrogen and oxygen atoms in total. The Kier molecular flexibility index (Phi) is 9.57. The number of halogens is 3. The number of alkyl halides is 3. The molecule has 1 aromatic heterocycles. The first-order chi connectivity index (χ1) is 20.2. The first-order valence-corrected chi connectivity index (χ1v) is 14.9. The molecule has 2 aromatic carbocycles. The fourth-order valence-electron chi connectivity index (χ4n) is 5.33. The van der Waals surface area contributed by atoms with Crippen molar-refractivity contribution >= 4 is 18.5 Å². The standard InChI is InChI=1S/C31H35F3N4O3S/c32-31(33,34)22-12-14-24(15-13-22)41-19-6-2-5-17-35-20-26(39)37-18-16-25-27(30(37)42)29(40)38(23-10-3-1-4-11-23)28(36-25)21-8-7-9-21/h1,3-4,10-15,21,30,35,42H,2,5-9,16-20H2. The van der Waals surface area contributed by atoms with E-state index in [0.717, 1.165) is 67.9 Å². The first kappa shape index (κ1) is 30.2. The molecule has 2 heterocycles. The second kappa shape index (κ2) is 13.3. The molecule has 42 heavy (non-hydrogen) atoms. The van der Waals surface area contributed by atoms with Crippen LogP contribution in [0.1, 0.15) is 72.5 Å². The summed E-state index contributed by atoms with van der Waals surface area (Å²) in [6.45, 7) is 1.61. The van der Waals surface area contributed by atoms with Gasteiger partial charge in [0, 0.05) is 18.9 Å². The van der Waals surface area contributed by atoms with Gasteiger partial charge in [-0.2, -0.15) is 13.2 Å². The molecule has 1 atom stereocenters. The Morgan fingerprint density at radius 2 is 1.79 bits per heavy atom. The summed E-state index contributed by atoms with van der Waals surface area (Å²) in [5, 5.41) is 2.51. The fraction of sp³-hybridized carbons (Fsp3) is 0.452. The zero-order valence-corrected chi connectivity index (χ0v) is 24.2. The van der Waals surface area contributed by atoms with Gasteiger partial charge in [0.05, 0.1) is 35.7 Å². The summed E-state index contributed by atoms with van der Waals surface area (Å²) in [5.74, 6) is 1.35. The van der Waals surface area contributed by atoms with Crippen LogP contribution in [0.3, 0.4) is 0 Å². The summed E-state index contributed by atoms with van der Waals surface area (Å²) in [6, 6.07) is 14.2. The van der Waals surface area contributed by atoms with Gasteiger partial charge in [0.2, 0.25) is 5.91 Å². The van der Waals surface area contributed by atoms with Crippen molar-refractivity contribution in [1.82, 2.24) is 19.8 Å². The van der Waals surface area contributed by atoms with E-state index >= 15 is 0 Å². The summed E-state index contributed by atoms with van der Waals surface area (Å²) in [5.41, 5.74) is 1.13. The lowest BCUT2D eigenvalue weighted by atomic mass is 9.84. The van der Waals surface area contributed by atoms with E-state index in [2.05, 4.69) is 5.32 Å². The molecule has 2 aliphatic rings. The number of hydrogen-bond donors (Lipinski definition) is 2. The molecule has 5 rings (SSSR count). The number of carbonyl (C=O) groups is 1. The average molecular weight is 601 g/mol. The van der Waals surface area contributed by atoms with Crippen LogP contribution in [0, 0.1) is 0 Å². The number of para-hydroxylation sites is 1. The second-order valence-electron chi connectivity index (χ2n) is 10.8. The predicted octanol–water partition coefficient (Wildman–Crippen LogP) is 5.67. The van der Waals surface area contributed by atoms with Gasteiger partial charge in [-0.15, -0.1) is 12.6 Å². The minimum absolute atomic E-state index is 0.125. The van der Waals surface area contributed by atoms with Crippen LogP contribution in [0.25, 0.3) is 5.69 Å². The molecule has 0 spiro atoms. The highest BCUT2D eigenvalue weighted by Crippen LogP contribution is 2.38. The number of aromatic nitrogens is 2. The maximum atomic E-state index is 13.9. The molecular weight excluding hydrogens is 565 g/mol. The van der Waals surface area contributed by atoms with Crippen molar-refractivity contribution < 1.29 is 22.7 Å². The van der Waals surface area contributed by atoms with E-state index in [9.17, 15) is 22.8 Å². The van der Waals surface area contributed by atoms with Crippen molar-refractivity contribution in [3.05, 3.63) is 87.6 Å². The zero-order valence-electron chi connectivity index (χ0n) is 23.3. The Labute approximate surface area is 248 Å². The van der Waals surface area contributed by atoms with Crippen LogP contribution in [0.4, 0.5) is 13.2 Å². The van der Waals surface area contributed by atoms with Gasteiger partial charge in [0.15, 0.2) is 0 Å². The number of thiol groups is 1. The monoisotopic (exact) mass is 600 g/mol. The van der Waals surface area contributed by atoms with E-state index in [1.807, 2.05) is 30.3 Å². The van der Waals surface area contributed by atoms with E-state index in [4.69, 9.17) is 22.3 Å². The summed E-state index contributed by atoms with van der Waals surface area (Å²) in [6.07, 6.45) is 1.71. The summed E-state index contributed by atoms with van der Waals surface area (Å²) in [4.78, 5) is 33.5. The normalized spacial score (nSPS) is 17.0. The Morgan fingerprint density at radius 1 is 1.05 bits per heavy atom. The van der Waals surface area contributed by atoms with E-state index in [1.165, 1.54) is 12.1 Å². The molecule has 1 unspecified atom stereocenters. The highest BCUT2D eigenvalue weighted by Gasteiger charge is 2.35. The molecule has 0 saturated heterocycles. The van der Waals surface area contributed by atoms with Crippen LogP contribution in [0.15, 0.2) is 59.4 Å². The molecule has 1 aliphatic heterocycles. The van der Waals surface area contributed by atoms with Crippen molar-refractivity contribution in [2.45, 2.75) is 62.4 Å². The van der Waals surface area contributed by atoms with Crippen molar-refractivity contribution in [2.75, 3.05) is 26.2 Å². The van der Waals surface area contributed by atoms with Crippen molar-refractivity contribution in [3.8, 4) is 11.4 Å². The van der Waals surface area contributed by atoms with E-state index in [1.54, 1.807) is 9.47 Å². The van der Waals surface area contributed by atoms with Gasteiger partial charge in [-0.3, -0.25) is 14.2 Å². The lowest BCUT2D eigenvalue weighted by molar-refractivity contribution is -0.137. The first-order valence-electron chi connectivity index (χ1n) is 14.4. The zero-order chi connectivity index (χ0) is 29.7. The molecular formula is C31H35F3N4O3S. The average Bonchev–Trinajstić information content (AvgIpc) is 2.94. The van der Waals surface area contributed by atoms with E-state index in [0.29, 0.717) is 37.4 Å². The van der Waals surface area contributed by atoms with Crippen LogP contribution < -0.4 is 15.6 Å². The number of nitrogens with one attached hydrogen (secondary N) is 1. The van der Waals surface area contributed by atoms with Crippen LogP contribution in [0.5, 0.6) is 5.75 Å². The number of amides is 1. The molecule has 1 amide bonds. The third-order valence-corrected chi connectivity index (χ3v) is 8.43. The van der Waals surface area contributed by atoms with Gasteiger partial charge in [0.25, 0.3) is 5.56 Å².